The lowest BCUT2D eigenvalue weighted by atomic mass is 10.1. The third kappa shape index (κ3) is 3.98. The second-order valence-electron chi connectivity index (χ2n) is 4.51. The number of ether oxygens (including phenoxy) is 1. The Kier molecular flexibility index (Phi) is 4.33. The standard InChI is InChI=1S/C11H19N3O3/c15-10-2-1-8(6-13-10)14-11(16)5-9-7-12-3-4-17-9/h8-9,12H,1-7H2,(H,13,15)(H,14,16). The van der Waals surface area contributed by atoms with Crippen molar-refractivity contribution in [2.45, 2.75) is 31.4 Å². The first kappa shape index (κ1) is 12.3. The van der Waals surface area contributed by atoms with Gasteiger partial charge < -0.3 is 20.7 Å². The molecule has 2 aliphatic rings. The van der Waals surface area contributed by atoms with Gasteiger partial charge in [0.05, 0.1) is 19.1 Å². The Morgan fingerprint density at radius 1 is 1.47 bits per heavy atom. The van der Waals surface area contributed by atoms with Gasteiger partial charge in [-0.25, -0.2) is 0 Å². The zero-order chi connectivity index (χ0) is 12.1. The highest BCUT2D eigenvalue weighted by molar-refractivity contribution is 5.79. The summed E-state index contributed by atoms with van der Waals surface area (Å²) >= 11 is 0. The molecule has 96 valence electrons. The lowest BCUT2D eigenvalue weighted by Gasteiger charge is -2.26. The van der Waals surface area contributed by atoms with E-state index >= 15 is 0 Å². The van der Waals surface area contributed by atoms with Gasteiger partial charge in [-0.05, 0) is 6.42 Å². The van der Waals surface area contributed by atoms with Gasteiger partial charge in [0.15, 0.2) is 0 Å². The summed E-state index contributed by atoms with van der Waals surface area (Å²) in [6.07, 6.45) is 1.58. The van der Waals surface area contributed by atoms with Crippen molar-refractivity contribution in [2.75, 3.05) is 26.2 Å². The van der Waals surface area contributed by atoms with Gasteiger partial charge in [-0.3, -0.25) is 9.59 Å². The molecule has 0 aromatic carbocycles. The van der Waals surface area contributed by atoms with Gasteiger partial charge in [0.2, 0.25) is 11.8 Å². The molecule has 2 heterocycles. The quantitative estimate of drug-likeness (QED) is 0.577. The highest BCUT2D eigenvalue weighted by atomic mass is 16.5. The highest BCUT2D eigenvalue weighted by Crippen LogP contribution is 2.05. The van der Waals surface area contributed by atoms with Crippen molar-refractivity contribution in [3.8, 4) is 0 Å². The largest absolute Gasteiger partial charge is 0.375 e. The average molecular weight is 241 g/mol. The summed E-state index contributed by atoms with van der Waals surface area (Å²) in [4.78, 5) is 22.7. The van der Waals surface area contributed by atoms with Gasteiger partial charge in [0.25, 0.3) is 0 Å². The van der Waals surface area contributed by atoms with E-state index in [1.165, 1.54) is 0 Å². The van der Waals surface area contributed by atoms with Crippen LogP contribution in [0, 0.1) is 0 Å². The van der Waals surface area contributed by atoms with Crippen LogP contribution in [0.5, 0.6) is 0 Å². The van der Waals surface area contributed by atoms with E-state index in [2.05, 4.69) is 16.0 Å². The molecular weight excluding hydrogens is 222 g/mol. The number of nitrogens with one attached hydrogen (secondary N) is 3. The van der Waals surface area contributed by atoms with Crippen LogP contribution in [0.2, 0.25) is 0 Å². The highest BCUT2D eigenvalue weighted by Gasteiger charge is 2.22. The fourth-order valence-electron chi connectivity index (χ4n) is 2.10. The third-order valence-corrected chi connectivity index (χ3v) is 3.05. The number of piperidine rings is 1. The molecule has 6 nitrogen and oxygen atoms in total. The second-order valence-corrected chi connectivity index (χ2v) is 4.51. The molecule has 3 N–H and O–H groups in total. The van der Waals surface area contributed by atoms with Crippen LogP contribution in [-0.4, -0.2) is 50.2 Å². The molecule has 2 rings (SSSR count). The van der Waals surface area contributed by atoms with Crippen molar-refractivity contribution in [3.63, 3.8) is 0 Å². The molecule has 2 amide bonds. The van der Waals surface area contributed by atoms with Gasteiger partial charge in [0, 0.05) is 32.1 Å². The van der Waals surface area contributed by atoms with Crippen LogP contribution in [-0.2, 0) is 14.3 Å². The average Bonchev–Trinajstić information content (AvgIpc) is 2.33. The Balaban J connectivity index is 1.67. The SMILES string of the molecule is O=C1CCC(NC(=O)CC2CNCCO2)CN1. The number of carbonyl (C=O) groups is 2. The molecule has 0 radical (unpaired) electrons. The van der Waals surface area contributed by atoms with Crippen LogP contribution in [0.4, 0.5) is 0 Å². The van der Waals surface area contributed by atoms with E-state index in [-0.39, 0.29) is 24.0 Å². The molecule has 0 spiro atoms. The second kappa shape index (κ2) is 5.97. The predicted molar refractivity (Wildman–Crippen MR) is 61.4 cm³/mol. The third-order valence-electron chi connectivity index (χ3n) is 3.05. The number of hydrogen-bond acceptors (Lipinski definition) is 4. The Morgan fingerprint density at radius 2 is 2.35 bits per heavy atom. The molecule has 0 aromatic rings. The molecule has 2 unspecified atom stereocenters. The van der Waals surface area contributed by atoms with Crippen molar-refractivity contribution >= 4 is 11.8 Å². The van der Waals surface area contributed by atoms with Gasteiger partial charge in [-0.15, -0.1) is 0 Å². The van der Waals surface area contributed by atoms with Gasteiger partial charge in [0.1, 0.15) is 0 Å². The topological polar surface area (TPSA) is 79.5 Å². The van der Waals surface area contributed by atoms with Crippen LogP contribution in [0.15, 0.2) is 0 Å². The molecule has 0 aliphatic carbocycles. The normalized spacial score (nSPS) is 29.5. The molecular formula is C11H19N3O3. The molecule has 17 heavy (non-hydrogen) atoms. The van der Waals surface area contributed by atoms with Crippen molar-refractivity contribution in [1.29, 1.82) is 0 Å². The fourth-order valence-corrected chi connectivity index (χ4v) is 2.10. The smallest absolute Gasteiger partial charge is 0.222 e. The van der Waals surface area contributed by atoms with E-state index in [9.17, 15) is 9.59 Å². The summed E-state index contributed by atoms with van der Waals surface area (Å²) in [6, 6.07) is 0.0664. The number of amides is 2. The molecule has 2 atom stereocenters. The zero-order valence-electron chi connectivity index (χ0n) is 9.83. The number of morpholine rings is 1. The van der Waals surface area contributed by atoms with E-state index in [1.807, 2.05) is 0 Å². The monoisotopic (exact) mass is 241 g/mol. The Hall–Kier alpha value is -1.14. The van der Waals surface area contributed by atoms with Crippen LogP contribution in [0.25, 0.3) is 0 Å². The summed E-state index contributed by atoms with van der Waals surface area (Å²) in [6.45, 7) is 2.79. The summed E-state index contributed by atoms with van der Waals surface area (Å²) in [5.74, 6) is 0.0650. The minimum atomic E-state index is -0.0260. The first-order chi connectivity index (χ1) is 8.24. The lowest BCUT2D eigenvalue weighted by molar-refractivity contribution is -0.127. The summed E-state index contributed by atoms with van der Waals surface area (Å²) in [7, 11) is 0. The predicted octanol–water partition coefficient (Wildman–Crippen LogP) is -1.24. The van der Waals surface area contributed by atoms with E-state index in [4.69, 9.17) is 4.74 Å². The lowest BCUT2D eigenvalue weighted by Crippen LogP contribution is -2.49. The minimum absolute atomic E-state index is 0.000140. The van der Waals surface area contributed by atoms with Crippen molar-refractivity contribution in [3.05, 3.63) is 0 Å². The first-order valence-electron chi connectivity index (χ1n) is 6.12. The Bertz CT molecular complexity index is 280. The van der Waals surface area contributed by atoms with Gasteiger partial charge in [-0.1, -0.05) is 0 Å². The number of hydrogen-bond donors (Lipinski definition) is 3. The maximum atomic E-state index is 11.7. The molecule has 2 saturated heterocycles. The van der Waals surface area contributed by atoms with Crippen molar-refractivity contribution < 1.29 is 14.3 Å². The Labute approximate surface area is 100 Å². The van der Waals surface area contributed by atoms with Crippen LogP contribution in [0.1, 0.15) is 19.3 Å². The van der Waals surface area contributed by atoms with Gasteiger partial charge in [-0.2, -0.15) is 0 Å². The summed E-state index contributed by atoms with van der Waals surface area (Å²) in [5.41, 5.74) is 0. The summed E-state index contributed by atoms with van der Waals surface area (Å²) < 4.78 is 5.46. The van der Waals surface area contributed by atoms with E-state index in [1.54, 1.807) is 0 Å². The number of carbonyl (C=O) groups excluding carboxylic acids is 2. The zero-order valence-corrected chi connectivity index (χ0v) is 9.83. The fraction of sp³-hybridized carbons (Fsp3) is 0.818. The van der Waals surface area contributed by atoms with Gasteiger partial charge >= 0.3 is 0 Å². The molecule has 0 saturated carbocycles. The van der Waals surface area contributed by atoms with E-state index < -0.39 is 0 Å². The van der Waals surface area contributed by atoms with Crippen molar-refractivity contribution in [2.24, 2.45) is 0 Å². The number of rotatable bonds is 3. The Morgan fingerprint density at radius 3 is 3.00 bits per heavy atom. The maximum absolute atomic E-state index is 11.7. The molecule has 0 aromatic heterocycles. The van der Waals surface area contributed by atoms with Crippen LogP contribution >= 0.6 is 0 Å². The van der Waals surface area contributed by atoms with E-state index in [0.717, 1.165) is 19.5 Å². The maximum Gasteiger partial charge on any atom is 0.222 e. The first-order valence-corrected chi connectivity index (χ1v) is 6.12. The molecule has 2 aliphatic heterocycles. The molecule has 6 heteroatoms. The molecule has 2 fully saturated rings. The molecule has 0 bridgehead atoms. The minimum Gasteiger partial charge on any atom is -0.375 e. The summed E-state index contributed by atoms with van der Waals surface area (Å²) in [5, 5.41) is 8.86. The van der Waals surface area contributed by atoms with Crippen LogP contribution in [0.3, 0.4) is 0 Å². The van der Waals surface area contributed by atoms with E-state index in [0.29, 0.717) is 26.0 Å². The van der Waals surface area contributed by atoms with Crippen LogP contribution < -0.4 is 16.0 Å². The van der Waals surface area contributed by atoms with Crippen molar-refractivity contribution in [1.82, 2.24) is 16.0 Å².